The second-order valence-electron chi connectivity index (χ2n) is 6.38. The maximum atomic E-state index is 11.4. The van der Waals surface area contributed by atoms with Gasteiger partial charge in [0, 0.05) is 6.17 Å². The van der Waals surface area contributed by atoms with Crippen LogP contribution in [-0.4, -0.2) is 14.2 Å². The van der Waals surface area contributed by atoms with E-state index in [0.717, 1.165) is 0 Å². The van der Waals surface area contributed by atoms with Gasteiger partial charge in [0.05, 0.1) is 0 Å². The molecule has 0 atom stereocenters. The summed E-state index contributed by atoms with van der Waals surface area (Å²) in [4.78, 5) is 0. The Kier molecular flexibility index (Phi) is 5.48. The molecule has 0 unspecified atom stereocenters. The second kappa shape index (κ2) is 6.98. The average Bonchev–Trinajstić information content (AvgIpc) is 2.48. The highest BCUT2D eigenvalue weighted by molar-refractivity contribution is 7.99. The van der Waals surface area contributed by atoms with Crippen molar-refractivity contribution in [3.8, 4) is 0 Å². The molecule has 2 nitrogen and oxygen atoms in total. The number of nitrogens with zero attached hydrogens (tertiary/aromatic N) is 1. The van der Waals surface area contributed by atoms with E-state index in [1.807, 2.05) is 12.1 Å². The molecule has 2 aromatic carbocycles. The maximum absolute atomic E-state index is 11.4. The summed E-state index contributed by atoms with van der Waals surface area (Å²) in [7, 11) is 1.72. The SMILES string of the molecule is CC(C)(C)[Si](CN=[S-](=O)Cl)(c1ccccc1)c1ccccc1. The van der Waals surface area contributed by atoms with Gasteiger partial charge >= 0.3 is 0 Å². The van der Waals surface area contributed by atoms with E-state index in [4.69, 9.17) is 10.7 Å². The van der Waals surface area contributed by atoms with Gasteiger partial charge in [0.2, 0.25) is 0 Å². The molecule has 0 aliphatic carbocycles. The minimum absolute atomic E-state index is 0.00939. The molecule has 0 aliphatic heterocycles. The lowest BCUT2D eigenvalue weighted by Gasteiger charge is -2.43. The van der Waals surface area contributed by atoms with Gasteiger partial charge < -0.3 is 8.57 Å². The Morgan fingerprint density at radius 3 is 1.68 bits per heavy atom. The molecule has 0 amide bonds. The lowest BCUT2D eigenvalue weighted by molar-refractivity contribution is 0.606. The first-order valence-electron chi connectivity index (χ1n) is 7.24. The molecule has 0 fully saturated rings. The Balaban J connectivity index is 2.75. The number of halogens is 1. The molecule has 0 N–H and O–H groups in total. The Hall–Kier alpha value is -1.10. The lowest BCUT2D eigenvalue weighted by atomic mass is 10.2. The first kappa shape index (κ1) is 17.3. The predicted molar refractivity (Wildman–Crippen MR) is 98.8 cm³/mol. The van der Waals surface area contributed by atoms with E-state index >= 15 is 0 Å². The zero-order valence-electron chi connectivity index (χ0n) is 13.1. The summed E-state index contributed by atoms with van der Waals surface area (Å²) in [6.45, 7) is 6.73. The maximum Gasteiger partial charge on any atom is 0.142 e. The van der Waals surface area contributed by atoms with Crippen LogP contribution in [0.2, 0.25) is 5.04 Å². The molecular formula is C17H21ClNOSSi-. The van der Waals surface area contributed by atoms with Gasteiger partial charge in [0.1, 0.15) is 8.07 Å². The minimum atomic E-state index is -2.26. The van der Waals surface area contributed by atoms with Crippen molar-refractivity contribution in [2.24, 2.45) is 4.36 Å². The zero-order valence-corrected chi connectivity index (χ0v) is 15.7. The summed E-state index contributed by atoms with van der Waals surface area (Å²) in [5, 5.41) is 2.59. The summed E-state index contributed by atoms with van der Waals surface area (Å²) >= 11 is 0. The van der Waals surface area contributed by atoms with Crippen molar-refractivity contribution in [2.45, 2.75) is 25.8 Å². The van der Waals surface area contributed by atoms with E-state index < -0.39 is 17.9 Å². The van der Waals surface area contributed by atoms with Crippen molar-refractivity contribution in [2.75, 3.05) is 6.17 Å². The van der Waals surface area contributed by atoms with Crippen molar-refractivity contribution >= 4 is 38.9 Å². The third-order valence-electron chi connectivity index (χ3n) is 4.22. The van der Waals surface area contributed by atoms with Gasteiger partial charge in [-0.2, -0.15) is 0 Å². The summed E-state index contributed by atoms with van der Waals surface area (Å²) in [6.07, 6.45) is 0.515. The molecule has 0 radical (unpaired) electrons. The summed E-state index contributed by atoms with van der Waals surface area (Å²) in [5.41, 5.74) is 0. The smallest absolute Gasteiger partial charge is 0.142 e. The molecule has 0 aromatic heterocycles. The largest absolute Gasteiger partial charge is 0.430 e. The van der Waals surface area contributed by atoms with Crippen LogP contribution >= 0.6 is 10.7 Å². The van der Waals surface area contributed by atoms with Gasteiger partial charge in [-0.05, 0) is 5.04 Å². The third kappa shape index (κ3) is 3.45. The van der Waals surface area contributed by atoms with E-state index in [-0.39, 0.29) is 5.04 Å². The Labute approximate surface area is 140 Å². The third-order valence-corrected chi connectivity index (χ3v) is 10.9. The highest BCUT2D eigenvalue weighted by atomic mass is 35.7. The predicted octanol–water partition coefficient (Wildman–Crippen LogP) is 3.89. The fraction of sp³-hybridized carbons (Fsp3) is 0.294. The van der Waals surface area contributed by atoms with Crippen molar-refractivity contribution < 1.29 is 4.21 Å². The first-order chi connectivity index (χ1) is 10.4. The normalized spacial score (nSPS) is 14.0. The van der Waals surface area contributed by atoms with Crippen LogP contribution in [-0.2, 0) is 14.0 Å². The zero-order chi connectivity index (χ0) is 16.2. The van der Waals surface area contributed by atoms with E-state index in [0.29, 0.717) is 6.17 Å². The molecule has 0 spiro atoms. The van der Waals surface area contributed by atoms with Gasteiger partial charge in [0.25, 0.3) is 0 Å². The Bertz CT molecular complexity index is 652. The fourth-order valence-corrected chi connectivity index (χ4v) is 9.09. The topological polar surface area (TPSA) is 29.4 Å². The van der Waals surface area contributed by atoms with E-state index in [9.17, 15) is 4.21 Å². The molecule has 0 heterocycles. The van der Waals surface area contributed by atoms with Crippen molar-refractivity contribution in [1.29, 1.82) is 0 Å². The quantitative estimate of drug-likeness (QED) is 0.467. The van der Waals surface area contributed by atoms with Gasteiger partial charge in [-0.1, -0.05) is 91.8 Å². The van der Waals surface area contributed by atoms with Gasteiger partial charge in [-0.15, -0.1) is 9.81 Å². The van der Waals surface area contributed by atoms with Gasteiger partial charge in [-0.3, -0.25) is 0 Å². The first-order valence-corrected chi connectivity index (χ1v) is 11.4. The lowest BCUT2D eigenvalue weighted by Crippen LogP contribution is -2.66. The minimum Gasteiger partial charge on any atom is -0.430 e. The van der Waals surface area contributed by atoms with E-state index in [2.05, 4.69) is 73.7 Å². The van der Waals surface area contributed by atoms with Crippen molar-refractivity contribution in [1.82, 2.24) is 0 Å². The van der Waals surface area contributed by atoms with Crippen molar-refractivity contribution in [3.05, 3.63) is 60.7 Å². The molecule has 0 bridgehead atoms. The molecule has 2 aromatic rings. The molecule has 2 rings (SSSR count). The summed E-state index contributed by atoms with van der Waals surface area (Å²) in [5.74, 6) is 0. The van der Waals surface area contributed by atoms with Crippen LogP contribution in [0.3, 0.4) is 0 Å². The van der Waals surface area contributed by atoms with E-state index in [1.165, 1.54) is 10.4 Å². The molecule has 0 saturated heterocycles. The van der Waals surface area contributed by atoms with Crippen LogP contribution in [0.25, 0.3) is 0 Å². The average molecular weight is 351 g/mol. The molecule has 118 valence electrons. The van der Waals surface area contributed by atoms with Crippen LogP contribution in [0.15, 0.2) is 65.0 Å². The van der Waals surface area contributed by atoms with Crippen LogP contribution in [0, 0.1) is 0 Å². The summed E-state index contributed by atoms with van der Waals surface area (Å²) < 4.78 is 15.6. The highest BCUT2D eigenvalue weighted by Crippen LogP contribution is 2.36. The second-order valence-corrected chi connectivity index (χ2v) is 12.6. The molecule has 0 saturated carbocycles. The number of rotatable bonds is 4. The molecule has 5 heteroatoms. The van der Waals surface area contributed by atoms with Crippen LogP contribution in [0.1, 0.15) is 20.8 Å². The van der Waals surface area contributed by atoms with E-state index in [1.54, 1.807) is 0 Å². The number of hydrogen-bond donors (Lipinski definition) is 0. The highest BCUT2D eigenvalue weighted by Gasteiger charge is 2.46. The van der Waals surface area contributed by atoms with Crippen LogP contribution in [0.4, 0.5) is 0 Å². The molecular weight excluding hydrogens is 330 g/mol. The number of hydrogen-bond acceptors (Lipinski definition) is 3. The monoisotopic (exact) mass is 350 g/mol. The molecule has 0 aliphatic rings. The van der Waals surface area contributed by atoms with Gasteiger partial charge in [0.15, 0.2) is 0 Å². The Morgan fingerprint density at radius 1 is 0.955 bits per heavy atom. The van der Waals surface area contributed by atoms with Crippen molar-refractivity contribution in [3.63, 3.8) is 0 Å². The van der Waals surface area contributed by atoms with Gasteiger partial charge in [-0.25, -0.2) is 10.7 Å². The Morgan fingerprint density at radius 2 is 1.36 bits per heavy atom. The fourth-order valence-electron chi connectivity index (χ4n) is 3.05. The number of benzene rings is 2. The molecule has 22 heavy (non-hydrogen) atoms. The standard InChI is InChI=1S/C17H21ClNOSSi/c1-17(2,3)22(14-19-21(18)20,15-10-6-4-7-11-15)16-12-8-5-9-13-16/h4-13H,14H2,1-3H3/q-1. The van der Waals surface area contributed by atoms with Crippen LogP contribution < -0.4 is 10.4 Å². The van der Waals surface area contributed by atoms with Crippen LogP contribution in [0.5, 0.6) is 0 Å². The summed E-state index contributed by atoms with van der Waals surface area (Å²) in [6, 6.07) is 20.9.